The molecule has 2 saturated carbocycles. The summed E-state index contributed by atoms with van der Waals surface area (Å²) in [4.78, 5) is 28.0. The fraction of sp³-hybridized carbons (Fsp3) is 0.588. The Hall–Kier alpha value is -2.60. The highest BCUT2D eigenvalue weighted by Gasteiger charge is 2.58. The maximum absolute atomic E-state index is 12.9. The molecule has 4 aliphatic carbocycles. The van der Waals surface area contributed by atoms with Crippen molar-refractivity contribution in [3.8, 4) is 11.8 Å². The summed E-state index contributed by atoms with van der Waals surface area (Å²) < 4.78 is 0. The number of allylic oxidation sites excluding steroid dienone is 4. The summed E-state index contributed by atoms with van der Waals surface area (Å²) in [6, 6.07) is 9.40. The summed E-state index contributed by atoms with van der Waals surface area (Å²) >= 11 is 0. The van der Waals surface area contributed by atoms with Gasteiger partial charge in [0.25, 0.3) is 0 Å². The van der Waals surface area contributed by atoms with Crippen LogP contribution in [-0.4, -0.2) is 24.7 Å². The second kappa shape index (κ2) is 9.61. The molecule has 1 saturated heterocycles. The van der Waals surface area contributed by atoms with Gasteiger partial charge in [-0.25, -0.2) is 0 Å². The Balaban J connectivity index is 1.47. The van der Waals surface area contributed by atoms with Crippen molar-refractivity contribution < 1.29 is 9.59 Å². The van der Waals surface area contributed by atoms with Crippen molar-refractivity contribution in [2.45, 2.75) is 84.5 Å². The zero-order valence-electron chi connectivity index (χ0n) is 22.8. The van der Waals surface area contributed by atoms with E-state index in [0.717, 1.165) is 51.6 Å². The molecule has 37 heavy (non-hydrogen) atoms. The molecule has 0 aromatic heterocycles. The lowest BCUT2D eigenvalue weighted by atomic mass is 9.50. The van der Waals surface area contributed by atoms with Crippen molar-refractivity contribution in [3.05, 3.63) is 52.6 Å². The van der Waals surface area contributed by atoms with Crippen LogP contribution in [-0.2, 0) is 9.59 Å². The molecule has 1 unspecified atom stereocenters. The normalized spacial score (nSPS) is 34.8. The molecule has 0 spiro atoms. The number of hydrogen-bond acceptors (Lipinski definition) is 3. The van der Waals surface area contributed by atoms with Crippen LogP contribution in [0.3, 0.4) is 0 Å². The predicted molar refractivity (Wildman–Crippen MR) is 149 cm³/mol. The number of rotatable bonds is 4. The van der Waals surface area contributed by atoms with Crippen molar-refractivity contribution >= 4 is 17.3 Å². The summed E-state index contributed by atoms with van der Waals surface area (Å²) in [6.07, 6.45) is 11.1. The van der Waals surface area contributed by atoms with Crippen molar-refractivity contribution in [3.63, 3.8) is 0 Å². The first-order valence-corrected chi connectivity index (χ1v) is 14.6. The van der Waals surface area contributed by atoms with E-state index in [0.29, 0.717) is 35.9 Å². The third-order valence-corrected chi connectivity index (χ3v) is 10.7. The van der Waals surface area contributed by atoms with Gasteiger partial charge in [-0.05, 0) is 117 Å². The molecule has 0 radical (unpaired) electrons. The van der Waals surface area contributed by atoms with Gasteiger partial charge < -0.3 is 4.90 Å². The topological polar surface area (TPSA) is 37.4 Å². The smallest absolute Gasteiger partial charge is 0.156 e. The third-order valence-electron chi connectivity index (χ3n) is 10.7. The number of Topliss-reactive ketones (excluding diaryl/α,β-unsaturated/α-hetero) is 1. The Kier molecular flexibility index (Phi) is 6.42. The minimum atomic E-state index is 0.0333. The molecule has 1 heterocycles. The predicted octanol–water partition coefficient (Wildman–Crippen LogP) is 7.03. The molecular formula is C34H41NO2. The monoisotopic (exact) mass is 495 g/mol. The number of nitrogens with zero attached hydrogens (tertiary/aromatic N) is 1. The van der Waals surface area contributed by atoms with Crippen LogP contribution >= 0.6 is 0 Å². The van der Waals surface area contributed by atoms with E-state index in [1.54, 1.807) is 5.57 Å². The van der Waals surface area contributed by atoms with Gasteiger partial charge >= 0.3 is 0 Å². The van der Waals surface area contributed by atoms with E-state index in [1.165, 1.54) is 35.2 Å². The van der Waals surface area contributed by atoms with Gasteiger partial charge in [0, 0.05) is 43.5 Å². The second-order valence-electron chi connectivity index (χ2n) is 12.6. The molecule has 6 rings (SSSR count). The quantitative estimate of drug-likeness (QED) is 0.421. The lowest BCUT2D eigenvalue weighted by Crippen LogP contribution is -2.45. The van der Waals surface area contributed by atoms with Crippen molar-refractivity contribution in [2.24, 2.45) is 29.1 Å². The zero-order chi connectivity index (χ0) is 25.7. The summed E-state index contributed by atoms with van der Waals surface area (Å²) in [5.41, 5.74) is 7.14. The number of fused-ring (bicyclic) bond motifs is 4. The highest BCUT2D eigenvalue weighted by atomic mass is 16.1. The van der Waals surface area contributed by atoms with Crippen LogP contribution in [0.15, 0.2) is 47.1 Å². The van der Waals surface area contributed by atoms with Crippen LogP contribution < -0.4 is 4.90 Å². The Bertz CT molecular complexity index is 1220. The number of benzene rings is 1. The lowest BCUT2D eigenvalue weighted by Gasteiger charge is -2.53. The van der Waals surface area contributed by atoms with Gasteiger partial charge in [0.2, 0.25) is 0 Å². The fourth-order valence-corrected chi connectivity index (χ4v) is 9.08. The van der Waals surface area contributed by atoms with Crippen LogP contribution in [0.1, 0.15) is 90.0 Å². The van der Waals surface area contributed by atoms with E-state index >= 15 is 0 Å². The summed E-state index contributed by atoms with van der Waals surface area (Å²) in [6.45, 7) is 8.48. The van der Waals surface area contributed by atoms with Crippen LogP contribution in [0, 0.1) is 40.9 Å². The molecule has 0 bridgehead atoms. The first kappa shape index (κ1) is 24.7. The van der Waals surface area contributed by atoms with E-state index < -0.39 is 0 Å². The Morgan fingerprint density at radius 2 is 1.86 bits per heavy atom. The van der Waals surface area contributed by atoms with Crippen LogP contribution in [0.25, 0.3) is 0 Å². The minimum absolute atomic E-state index is 0.0333. The molecule has 6 atom stereocenters. The van der Waals surface area contributed by atoms with E-state index in [2.05, 4.69) is 47.9 Å². The fourth-order valence-electron chi connectivity index (χ4n) is 9.08. The van der Waals surface area contributed by atoms with E-state index in [4.69, 9.17) is 0 Å². The Labute approximate surface area is 222 Å². The highest BCUT2D eigenvalue weighted by Crippen LogP contribution is 2.66. The Morgan fingerprint density at radius 3 is 2.57 bits per heavy atom. The van der Waals surface area contributed by atoms with Gasteiger partial charge in [-0.2, -0.15) is 0 Å². The number of hydrogen-bond donors (Lipinski definition) is 0. The summed E-state index contributed by atoms with van der Waals surface area (Å²) in [5.74, 6) is 8.94. The molecule has 1 aliphatic heterocycles. The SMILES string of the molecule is CC#CCC1C[C@@H]2C(=C3CCC(=O)C=C31)[C@@H](c1ccc(N3CCCC3)cc1)C[C@]1(C)[C@@H](C(C)=O)CC[C@@H]21. The summed E-state index contributed by atoms with van der Waals surface area (Å²) in [7, 11) is 0. The average Bonchev–Trinajstić information content (AvgIpc) is 3.55. The maximum atomic E-state index is 12.9. The first-order valence-electron chi connectivity index (χ1n) is 14.6. The lowest BCUT2D eigenvalue weighted by molar-refractivity contribution is -0.125. The van der Waals surface area contributed by atoms with E-state index in [1.807, 2.05) is 19.9 Å². The van der Waals surface area contributed by atoms with Gasteiger partial charge in [0.05, 0.1) is 0 Å². The van der Waals surface area contributed by atoms with Gasteiger partial charge in [0.1, 0.15) is 5.78 Å². The number of ketones is 2. The van der Waals surface area contributed by atoms with Crippen molar-refractivity contribution in [1.29, 1.82) is 0 Å². The molecule has 1 aromatic rings. The van der Waals surface area contributed by atoms with Gasteiger partial charge in [-0.3, -0.25) is 9.59 Å². The minimum Gasteiger partial charge on any atom is -0.372 e. The molecule has 3 fully saturated rings. The van der Waals surface area contributed by atoms with E-state index in [-0.39, 0.29) is 17.1 Å². The largest absolute Gasteiger partial charge is 0.372 e. The van der Waals surface area contributed by atoms with Crippen molar-refractivity contribution in [1.82, 2.24) is 0 Å². The van der Waals surface area contributed by atoms with Crippen LogP contribution in [0.2, 0.25) is 0 Å². The molecule has 3 nitrogen and oxygen atoms in total. The molecule has 3 heteroatoms. The first-order chi connectivity index (χ1) is 17.9. The molecule has 194 valence electrons. The Morgan fingerprint density at radius 1 is 1.11 bits per heavy atom. The third kappa shape index (κ3) is 4.12. The summed E-state index contributed by atoms with van der Waals surface area (Å²) in [5, 5.41) is 0. The second-order valence-corrected chi connectivity index (χ2v) is 12.6. The number of carbonyl (C=O) groups excluding carboxylic acids is 2. The van der Waals surface area contributed by atoms with Crippen molar-refractivity contribution in [2.75, 3.05) is 18.0 Å². The molecule has 0 N–H and O–H groups in total. The van der Waals surface area contributed by atoms with Gasteiger partial charge in [-0.15, -0.1) is 11.8 Å². The zero-order valence-corrected chi connectivity index (χ0v) is 22.8. The number of carbonyl (C=O) groups is 2. The molecular weight excluding hydrogens is 454 g/mol. The molecule has 5 aliphatic rings. The maximum Gasteiger partial charge on any atom is 0.156 e. The number of anilines is 1. The average molecular weight is 496 g/mol. The van der Waals surface area contributed by atoms with Gasteiger partial charge in [0.15, 0.2) is 5.78 Å². The standard InChI is InChI=1S/C34H41NO2/c1-4-5-8-24-19-29-32-16-15-31(22(2)36)34(32,3)21-30(33(29)27-14-13-26(37)20-28(24)27)23-9-11-25(12-10-23)35-17-6-7-18-35/h9-12,20,24,29-32H,6-8,13-19,21H2,1-3H3/t24?,29-,30+,31+,32-,34+/m0/s1. The van der Waals surface area contributed by atoms with Gasteiger partial charge in [-0.1, -0.05) is 24.6 Å². The highest BCUT2D eigenvalue weighted by molar-refractivity contribution is 5.93. The molecule has 1 aromatic carbocycles. The molecule has 0 amide bonds. The van der Waals surface area contributed by atoms with E-state index in [9.17, 15) is 9.59 Å². The van der Waals surface area contributed by atoms with Crippen LogP contribution in [0.5, 0.6) is 0 Å². The van der Waals surface area contributed by atoms with Crippen LogP contribution in [0.4, 0.5) is 5.69 Å².